The molecule has 0 bridgehead atoms. The molecule has 0 radical (unpaired) electrons. The van der Waals surface area contributed by atoms with E-state index in [4.69, 9.17) is 4.74 Å². The molecule has 104 valence electrons. The fourth-order valence-corrected chi connectivity index (χ4v) is 3.83. The summed E-state index contributed by atoms with van der Waals surface area (Å²) in [6, 6.07) is 4.47. The number of benzene rings is 1. The standard InChI is InChI=1S/C16H21FO2/c1-2-11-5-3-4-8-16(11)10-14(18)13-9-12(17)6-7-15(13)19-16/h6-7,9,11,14,18H,2-5,8,10H2,1H3. The van der Waals surface area contributed by atoms with E-state index in [9.17, 15) is 9.50 Å². The van der Waals surface area contributed by atoms with Crippen LogP contribution >= 0.6 is 0 Å². The first-order valence-corrected chi connectivity index (χ1v) is 7.31. The lowest BCUT2D eigenvalue weighted by Crippen LogP contribution is -2.49. The highest BCUT2D eigenvalue weighted by atomic mass is 19.1. The van der Waals surface area contributed by atoms with Crippen LogP contribution in [0, 0.1) is 11.7 Å². The third kappa shape index (κ3) is 2.14. The second kappa shape index (κ2) is 4.78. The van der Waals surface area contributed by atoms with Crippen LogP contribution in [0.25, 0.3) is 0 Å². The minimum absolute atomic E-state index is 0.239. The minimum Gasteiger partial charge on any atom is -0.486 e. The maximum Gasteiger partial charge on any atom is 0.126 e. The number of aliphatic hydroxyl groups is 1. The zero-order valence-electron chi connectivity index (χ0n) is 11.4. The van der Waals surface area contributed by atoms with E-state index < -0.39 is 6.10 Å². The van der Waals surface area contributed by atoms with Crippen molar-refractivity contribution in [3.8, 4) is 5.75 Å². The van der Waals surface area contributed by atoms with Gasteiger partial charge in [0, 0.05) is 12.0 Å². The molecule has 1 aromatic carbocycles. The van der Waals surface area contributed by atoms with Gasteiger partial charge in [-0.25, -0.2) is 4.39 Å². The summed E-state index contributed by atoms with van der Waals surface area (Å²) in [5.74, 6) is 0.850. The molecule has 3 rings (SSSR count). The largest absolute Gasteiger partial charge is 0.486 e. The van der Waals surface area contributed by atoms with Gasteiger partial charge in [0.1, 0.15) is 17.2 Å². The SMILES string of the molecule is CCC1CCCCC12CC(O)c1cc(F)ccc1O2. The van der Waals surface area contributed by atoms with Crippen molar-refractivity contribution >= 4 is 0 Å². The maximum atomic E-state index is 13.3. The Bertz CT molecular complexity index is 474. The minimum atomic E-state index is -0.605. The quantitative estimate of drug-likeness (QED) is 0.831. The Morgan fingerprint density at radius 3 is 3.05 bits per heavy atom. The Morgan fingerprint density at radius 1 is 1.42 bits per heavy atom. The molecule has 1 heterocycles. The lowest BCUT2D eigenvalue weighted by molar-refractivity contribution is -0.0783. The van der Waals surface area contributed by atoms with Gasteiger partial charge in [0.2, 0.25) is 0 Å². The van der Waals surface area contributed by atoms with E-state index in [1.54, 1.807) is 6.07 Å². The van der Waals surface area contributed by atoms with E-state index >= 15 is 0 Å². The van der Waals surface area contributed by atoms with Gasteiger partial charge in [-0.05, 0) is 49.8 Å². The zero-order chi connectivity index (χ0) is 13.5. The Morgan fingerprint density at radius 2 is 2.26 bits per heavy atom. The van der Waals surface area contributed by atoms with Crippen LogP contribution in [0.5, 0.6) is 5.75 Å². The Kier molecular flexibility index (Phi) is 3.25. The molecule has 1 aliphatic carbocycles. The molecule has 3 unspecified atom stereocenters. The monoisotopic (exact) mass is 264 g/mol. The number of hydrogen-bond donors (Lipinski definition) is 1. The van der Waals surface area contributed by atoms with Crippen LogP contribution in [0.3, 0.4) is 0 Å². The molecule has 2 aliphatic rings. The summed E-state index contributed by atoms with van der Waals surface area (Å²) in [5.41, 5.74) is 0.364. The van der Waals surface area contributed by atoms with E-state index in [1.165, 1.54) is 25.0 Å². The maximum absolute atomic E-state index is 13.3. The van der Waals surface area contributed by atoms with E-state index in [0.29, 0.717) is 23.7 Å². The van der Waals surface area contributed by atoms with Gasteiger partial charge in [-0.1, -0.05) is 13.3 Å². The lowest BCUT2D eigenvalue weighted by atomic mass is 9.69. The highest BCUT2D eigenvalue weighted by Gasteiger charge is 2.46. The number of aliphatic hydroxyl groups excluding tert-OH is 1. The first-order valence-electron chi connectivity index (χ1n) is 7.31. The molecule has 3 heteroatoms. The van der Waals surface area contributed by atoms with Gasteiger partial charge in [0.15, 0.2) is 0 Å². The Hall–Kier alpha value is -1.09. The molecule has 1 saturated carbocycles. The summed E-state index contributed by atoms with van der Waals surface area (Å²) in [6.45, 7) is 2.19. The van der Waals surface area contributed by atoms with Crippen LogP contribution in [0.1, 0.15) is 57.1 Å². The average molecular weight is 264 g/mol. The molecule has 0 saturated heterocycles. The summed E-state index contributed by atoms with van der Waals surface area (Å²) in [5, 5.41) is 10.4. The van der Waals surface area contributed by atoms with E-state index in [-0.39, 0.29) is 11.4 Å². The number of hydrogen-bond acceptors (Lipinski definition) is 2. The van der Waals surface area contributed by atoms with Crippen LogP contribution in [0.15, 0.2) is 18.2 Å². The van der Waals surface area contributed by atoms with Crippen molar-refractivity contribution in [2.75, 3.05) is 0 Å². The van der Waals surface area contributed by atoms with Crippen LogP contribution < -0.4 is 4.74 Å². The fourth-order valence-electron chi connectivity index (χ4n) is 3.83. The second-order valence-corrected chi connectivity index (χ2v) is 5.92. The zero-order valence-corrected chi connectivity index (χ0v) is 11.4. The molecule has 1 aromatic rings. The molecule has 1 N–H and O–H groups in total. The molecule has 19 heavy (non-hydrogen) atoms. The highest BCUT2D eigenvalue weighted by molar-refractivity contribution is 5.38. The van der Waals surface area contributed by atoms with Gasteiger partial charge in [-0.15, -0.1) is 0 Å². The first-order chi connectivity index (χ1) is 9.14. The van der Waals surface area contributed by atoms with Gasteiger partial charge >= 0.3 is 0 Å². The molecule has 0 amide bonds. The smallest absolute Gasteiger partial charge is 0.126 e. The van der Waals surface area contributed by atoms with Gasteiger partial charge < -0.3 is 9.84 Å². The predicted octanol–water partition coefficient (Wildman–Crippen LogP) is 3.98. The van der Waals surface area contributed by atoms with Crippen molar-refractivity contribution in [3.05, 3.63) is 29.6 Å². The first kappa shape index (κ1) is 12.9. The number of rotatable bonds is 1. The van der Waals surface area contributed by atoms with E-state index in [0.717, 1.165) is 19.3 Å². The third-order valence-electron chi connectivity index (χ3n) is 4.82. The van der Waals surface area contributed by atoms with Crippen molar-refractivity contribution < 1.29 is 14.2 Å². The molecule has 1 spiro atoms. The molecule has 2 nitrogen and oxygen atoms in total. The lowest BCUT2D eigenvalue weighted by Gasteiger charge is -2.48. The molecule has 1 fully saturated rings. The third-order valence-corrected chi connectivity index (χ3v) is 4.82. The molecule has 3 atom stereocenters. The summed E-state index contributed by atoms with van der Waals surface area (Å²) < 4.78 is 19.5. The molecular weight excluding hydrogens is 243 g/mol. The Balaban J connectivity index is 1.97. The molecule has 0 aromatic heterocycles. The van der Waals surface area contributed by atoms with Gasteiger partial charge in [0.05, 0.1) is 6.10 Å². The van der Waals surface area contributed by atoms with Gasteiger partial charge in [0.25, 0.3) is 0 Å². The van der Waals surface area contributed by atoms with Crippen molar-refractivity contribution in [1.82, 2.24) is 0 Å². The van der Waals surface area contributed by atoms with Crippen LogP contribution in [-0.4, -0.2) is 10.7 Å². The van der Waals surface area contributed by atoms with Crippen LogP contribution in [0.2, 0.25) is 0 Å². The normalized spacial score (nSPS) is 33.8. The summed E-state index contributed by atoms with van der Waals surface area (Å²) in [4.78, 5) is 0. The fraction of sp³-hybridized carbons (Fsp3) is 0.625. The van der Waals surface area contributed by atoms with Crippen molar-refractivity contribution in [1.29, 1.82) is 0 Å². The number of fused-ring (bicyclic) bond motifs is 1. The van der Waals surface area contributed by atoms with Gasteiger partial charge in [-0.3, -0.25) is 0 Å². The van der Waals surface area contributed by atoms with E-state index in [2.05, 4.69) is 6.92 Å². The van der Waals surface area contributed by atoms with E-state index in [1.807, 2.05) is 0 Å². The molecule has 1 aliphatic heterocycles. The number of ether oxygens (including phenoxy) is 1. The average Bonchev–Trinajstić information content (AvgIpc) is 2.40. The number of halogens is 1. The Labute approximate surface area is 113 Å². The van der Waals surface area contributed by atoms with Crippen LogP contribution in [0.4, 0.5) is 4.39 Å². The van der Waals surface area contributed by atoms with Crippen molar-refractivity contribution in [2.24, 2.45) is 5.92 Å². The highest BCUT2D eigenvalue weighted by Crippen LogP contribution is 2.49. The van der Waals surface area contributed by atoms with Gasteiger partial charge in [-0.2, -0.15) is 0 Å². The van der Waals surface area contributed by atoms with Crippen LogP contribution in [-0.2, 0) is 0 Å². The summed E-state index contributed by atoms with van der Waals surface area (Å²) in [6.07, 6.45) is 5.63. The summed E-state index contributed by atoms with van der Waals surface area (Å²) in [7, 11) is 0. The molecular formula is C16H21FO2. The van der Waals surface area contributed by atoms with Crippen molar-refractivity contribution in [2.45, 2.75) is 57.2 Å². The van der Waals surface area contributed by atoms with Crippen molar-refractivity contribution in [3.63, 3.8) is 0 Å². The summed E-state index contributed by atoms with van der Waals surface area (Å²) >= 11 is 0. The second-order valence-electron chi connectivity index (χ2n) is 5.92. The predicted molar refractivity (Wildman–Crippen MR) is 71.6 cm³/mol. The topological polar surface area (TPSA) is 29.5 Å².